The molecule has 2 bridgehead atoms. The molecule has 0 radical (unpaired) electrons. The molecule has 2 fully saturated rings. The van der Waals surface area contributed by atoms with Crippen LogP contribution in [0.2, 0.25) is 0 Å². The van der Waals surface area contributed by atoms with Crippen LogP contribution in [0.25, 0.3) is 0 Å². The maximum Gasteiger partial charge on any atom is 0.186 e. The SMILES string of the molecule is O[C@H]1[C@H]2OC[C@@H](C[C@@H]1O)O2. The number of aliphatic hydroxyl groups excluding tert-OH is 2. The van der Waals surface area contributed by atoms with Crippen molar-refractivity contribution in [2.45, 2.75) is 31.0 Å². The molecule has 4 atom stereocenters. The first kappa shape index (κ1) is 6.54. The van der Waals surface area contributed by atoms with E-state index in [0.717, 1.165) is 0 Å². The molecule has 0 aromatic heterocycles. The Morgan fingerprint density at radius 2 is 2.10 bits per heavy atom. The van der Waals surface area contributed by atoms with E-state index in [4.69, 9.17) is 19.7 Å². The van der Waals surface area contributed by atoms with E-state index in [1.807, 2.05) is 0 Å². The Morgan fingerprint density at radius 1 is 1.30 bits per heavy atom. The van der Waals surface area contributed by atoms with Gasteiger partial charge in [-0.3, -0.25) is 0 Å². The van der Waals surface area contributed by atoms with Crippen LogP contribution in [0, 0.1) is 0 Å². The number of aliphatic hydroxyl groups is 2. The summed E-state index contributed by atoms with van der Waals surface area (Å²) in [7, 11) is 0. The summed E-state index contributed by atoms with van der Waals surface area (Å²) in [6.45, 7) is 0.499. The largest absolute Gasteiger partial charge is 0.390 e. The molecule has 2 aliphatic heterocycles. The molecule has 0 amide bonds. The average Bonchev–Trinajstić information content (AvgIpc) is 2.29. The van der Waals surface area contributed by atoms with Gasteiger partial charge in [-0.15, -0.1) is 0 Å². The van der Waals surface area contributed by atoms with Gasteiger partial charge in [-0.1, -0.05) is 0 Å². The molecule has 0 aromatic rings. The van der Waals surface area contributed by atoms with Crippen LogP contribution in [-0.4, -0.2) is 41.4 Å². The highest BCUT2D eigenvalue weighted by atomic mass is 16.7. The molecule has 0 saturated carbocycles. The van der Waals surface area contributed by atoms with Crippen LogP contribution < -0.4 is 0 Å². The Morgan fingerprint density at radius 3 is 2.90 bits per heavy atom. The lowest BCUT2D eigenvalue weighted by molar-refractivity contribution is -0.192. The highest BCUT2D eigenvalue weighted by molar-refractivity contribution is 4.85. The van der Waals surface area contributed by atoms with Crippen LogP contribution in [0.3, 0.4) is 0 Å². The van der Waals surface area contributed by atoms with Gasteiger partial charge < -0.3 is 19.7 Å². The van der Waals surface area contributed by atoms with Crippen molar-refractivity contribution in [3.63, 3.8) is 0 Å². The Balaban J connectivity index is 2.09. The molecule has 58 valence electrons. The Hall–Kier alpha value is -0.160. The molecular formula is C6H10O4. The van der Waals surface area contributed by atoms with Crippen LogP contribution >= 0.6 is 0 Å². The maximum atomic E-state index is 9.16. The molecule has 4 heteroatoms. The standard InChI is InChI=1S/C6H10O4/c7-4-1-3-2-9-6(10-3)5(4)8/h3-8H,1-2H2/t3-,4+,5-,6+/m1/s1. The van der Waals surface area contributed by atoms with Crippen molar-refractivity contribution in [3.8, 4) is 0 Å². The van der Waals surface area contributed by atoms with Gasteiger partial charge in [0.1, 0.15) is 6.10 Å². The van der Waals surface area contributed by atoms with E-state index >= 15 is 0 Å². The Kier molecular flexibility index (Phi) is 1.42. The van der Waals surface area contributed by atoms with Gasteiger partial charge in [0.05, 0.1) is 18.8 Å². The Bertz CT molecular complexity index is 138. The van der Waals surface area contributed by atoms with Crippen molar-refractivity contribution in [1.29, 1.82) is 0 Å². The number of rotatable bonds is 0. The summed E-state index contributed by atoms with van der Waals surface area (Å²) >= 11 is 0. The van der Waals surface area contributed by atoms with Crippen molar-refractivity contribution in [1.82, 2.24) is 0 Å². The molecule has 0 aromatic carbocycles. The highest BCUT2D eigenvalue weighted by Crippen LogP contribution is 2.26. The number of ether oxygens (including phenoxy) is 2. The van der Waals surface area contributed by atoms with E-state index in [9.17, 15) is 0 Å². The minimum atomic E-state index is -0.862. The lowest BCUT2D eigenvalue weighted by atomic mass is 10.1. The van der Waals surface area contributed by atoms with E-state index < -0.39 is 18.5 Å². The zero-order valence-corrected chi connectivity index (χ0v) is 5.43. The van der Waals surface area contributed by atoms with E-state index in [2.05, 4.69) is 0 Å². The van der Waals surface area contributed by atoms with E-state index in [0.29, 0.717) is 13.0 Å². The monoisotopic (exact) mass is 146 g/mol. The summed E-state index contributed by atoms with van der Waals surface area (Å²) in [5.41, 5.74) is 0. The fourth-order valence-electron chi connectivity index (χ4n) is 1.36. The topological polar surface area (TPSA) is 58.9 Å². The van der Waals surface area contributed by atoms with Crippen molar-refractivity contribution in [2.24, 2.45) is 0 Å². The van der Waals surface area contributed by atoms with Crippen molar-refractivity contribution >= 4 is 0 Å². The summed E-state index contributed by atoms with van der Waals surface area (Å²) in [6, 6.07) is 0. The van der Waals surface area contributed by atoms with Gasteiger partial charge in [0, 0.05) is 6.42 Å². The Labute approximate surface area is 58.4 Å². The normalized spacial score (nSPS) is 53.4. The quantitative estimate of drug-likeness (QED) is 0.453. The second-order valence-corrected chi connectivity index (χ2v) is 2.75. The van der Waals surface area contributed by atoms with Gasteiger partial charge >= 0.3 is 0 Å². The summed E-state index contributed by atoms with van der Waals surface area (Å²) in [5.74, 6) is 0. The van der Waals surface area contributed by atoms with Gasteiger partial charge in [-0.2, -0.15) is 0 Å². The molecule has 2 N–H and O–H groups in total. The van der Waals surface area contributed by atoms with Crippen molar-refractivity contribution < 1.29 is 19.7 Å². The van der Waals surface area contributed by atoms with Crippen LogP contribution in [0.1, 0.15) is 6.42 Å². The second kappa shape index (κ2) is 2.17. The predicted molar refractivity (Wildman–Crippen MR) is 31.2 cm³/mol. The van der Waals surface area contributed by atoms with Gasteiger partial charge in [0.2, 0.25) is 0 Å². The lowest BCUT2D eigenvalue weighted by Gasteiger charge is -2.27. The molecule has 10 heavy (non-hydrogen) atoms. The van der Waals surface area contributed by atoms with Crippen LogP contribution in [0.15, 0.2) is 0 Å². The zero-order valence-electron chi connectivity index (χ0n) is 5.43. The second-order valence-electron chi connectivity index (χ2n) is 2.75. The van der Waals surface area contributed by atoms with Gasteiger partial charge in [-0.25, -0.2) is 0 Å². The number of hydrogen-bond acceptors (Lipinski definition) is 4. The zero-order chi connectivity index (χ0) is 7.14. The van der Waals surface area contributed by atoms with Crippen molar-refractivity contribution in [3.05, 3.63) is 0 Å². The average molecular weight is 146 g/mol. The van der Waals surface area contributed by atoms with Crippen LogP contribution in [0.5, 0.6) is 0 Å². The van der Waals surface area contributed by atoms with Crippen LogP contribution in [-0.2, 0) is 9.47 Å². The smallest absolute Gasteiger partial charge is 0.186 e. The van der Waals surface area contributed by atoms with E-state index in [-0.39, 0.29) is 6.10 Å². The molecule has 2 heterocycles. The number of fused-ring (bicyclic) bond motifs is 2. The molecular weight excluding hydrogens is 136 g/mol. The molecule has 2 saturated heterocycles. The molecule has 0 spiro atoms. The molecule has 4 nitrogen and oxygen atoms in total. The molecule has 2 aliphatic rings. The summed E-state index contributed by atoms with van der Waals surface area (Å²) in [4.78, 5) is 0. The minimum Gasteiger partial charge on any atom is -0.390 e. The number of hydrogen-bond donors (Lipinski definition) is 2. The van der Waals surface area contributed by atoms with E-state index in [1.54, 1.807) is 0 Å². The molecule has 2 rings (SSSR count). The van der Waals surface area contributed by atoms with Gasteiger partial charge in [0.25, 0.3) is 0 Å². The first-order chi connectivity index (χ1) is 4.77. The maximum absolute atomic E-state index is 9.16. The highest BCUT2D eigenvalue weighted by Gasteiger charge is 2.42. The fraction of sp³-hybridized carbons (Fsp3) is 1.00. The van der Waals surface area contributed by atoms with Gasteiger partial charge in [0.15, 0.2) is 6.29 Å². The van der Waals surface area contributed by atoms with E-state index in [1.165, 1.54) is 0 Å². The third-order valence-corrected chi connectivity index (χ3v) is 1.95. The third kappa shape index (κ3) is 0.845. The first-order valence-corrected chi connectivity index (χ1v) is 3.40. The first-order valence-electron chi connectivity index (χ1n) is 3.40. The summed E-state index contributed by atoms with van der Waals surface area (Å²) in [6.07, 6.45) is -1.65. The fourth-order valence-corrected chi connectivity index (χ4v) is 1.36. The van der Waals surface area contributed by atoms with Crippen molar-refractivity contribution in [2.75, 3.05) is 6.61 Å². The molecule has 0 unspecified atom stereocenters. The van der Waals surface area contributed by atoms with Crippen LogP contribution in [0.4, 0.5) is 0 Å². The van der Waals surface area contributed by atoms with Gasteiger partial charge in [-0.05, 0) is 0 Å². The molecule has 0 aliphatic carbocycles. The third-order valence-electron chi connectivity index (χ3n) is 1.95. The summed E-state index contributed by atoms with van der Waals surface area (Å²) in [5, 5.41) is 18.3. The minimum absolute atomic E-state index is 0.0107. The lowest BCUT2D eigenvalue weighted by Crippen LogP contribution is -2.43. The summed E-state index contributed by atoms with van der Waals surface area (Å²) < 4.78 is 10.2. The predicted octanol–water partition coefficient (Wildman–Crippen LogP) is -1.15.